The Kier molecular flexibility index (Phi) is 9.25. The van der Waals surface area contributed by atoms with Crippen molar-refractivity contribution >= 4 is 11.8 Å². The quantitative estimate of drug-likeness (QED) is 0.423. The van der Waals surface area contributed by atoms with Gasteiger partial charge in [0.25, 0.3) is 0 Å². The minimum absolute atomic E-state index is 0.0319. The molecular formula is C29H34N2O2. The highest BCUT2D eigenvalue weighted by atomic mass is 16.2. The number of amides is 2. The van der Waals surface area contributed by atoms with E-state index in [0.717, 1.165) is 23.1 Å². The molecule has 172 valence electrons. The van der Waals surface area contributed by atoms with Crippen molar-refractivity contribution in [2.45, 2.75) is 45.7 Å². The predicted octanol–water partition coefficient (Wildman–Crippen LogP) is 5.55. The third-order valence-electron chi connectivity index (χ3n) is 5.68. The molecule has 0 fully saturated rings. The summed E-state index contributed by atoms with van der Waals surface area (Å²) < 4.78 is 0. The van der Waals surface area contributed by atoms with E-state index in [4.69, 9.17) is 0 Å². The first-order valence-corrected chi connectivity index (χ1v) is 11.7. The molecule has 0 heterocycles. The van der Waals surface area contributed by atoms with Gasteiger partial charge >= 0.3 is 0 Å². The monoisotopic (exact) mass is 442 g/mol. The van der Waals surface area contributed by atoms with Gasteiger partial charge in [0.1, 0.15) is 6.04 Å². The lowest BCUT2D eigenvalue weighted by molar-refractivity contribution is -0.141. The van der Waals surface area contributed by atoms with Gasteiger partial charge in [-0.15, -0.1) is 0 Å². The summed E-state index contributed by atoms with van der Waals surface area (Å²) in [6.45, 7) is 5.24. The largest absolute Gasteiger partial charge is 0.354 e. The molecule has 0 aliphatic rings. The van der Waals surface area contributed by atoms with Crippen LogP contribution < -0.4 is 5.32 Å². The van der Waals surface area contributed by atoms with Crippen LogP contribution in [-0.2, 0) is 22.6 Å². The summed E-state index contributed by atoms with van der Waals surface area (Å²) in [4.78, 5) is 28.7. The van der Waals surface area contributed by atoms with Crippen LogP contribution in [0.3, 0.4) is 0 Å². The Balaban J connectivity index is 1.88. The van der Waals surface area contributed by atoms with Crippen molar-refractivity contribution in [2.75, 3.05) is 6.54 Å². The van der Waals surface area contributed by atoms with E-state index in [1.807, 2.05) is 91.0 Å². The van der Waals surface area contributed by atoms with Gasteiger partial charge in [0, 0.05) is 19.5 Å². The fourth-order valence-corrected chi connectivity index (χ4v) is 3.83. The second-order valence-corrected chi connectivity index (χ2v) is 8.78. The van der Waals surface area contributed by atoms with Gasteiger partial charge in [-0.3, -0.25) is 9.59 Å². The Morgan fingerprint density at radius 2 is 1.33 bits per heavy atom. The standard InChI is InChI=1S/C29H34N2O2/c1-23(2)20-21-30-29(33)28(26-16-10-5-11-17-26)31(22-25-14-8-4-9-15-25)27(32)19-18-24-12-6-3-7-13-24/h3-17,23,28H,18-22H2,1-2H3,(H,30,33)/t28-/m1/s1. The summed E-state index contributed by atoms with van der Waals surface area (Å²) in [6, 6.07) is 28.8. The Morgan fingerprint density at radius 1 is 0.788 bits per heavy atom. The van der Waals surface area contributed by atoms with Gasteiger partial charge in [0.15, 0.2) is 0 Å². The molecule has 0 spiro atoms. The SMILES string of the molecule is CC(C)CCNC(=O)[C@@H](c1ccccc1)N(Cc1ccccc1)C(=O)CCc1ccccc1. The van der Waals surface area contributed by atoms with Gasteiger partial charge < -0.3 is 10.2 Å². The van der Waals surface area contributed by atoms with Crippen molar-refractivity contribution in [1.82, 2.24) is 10.2 Å². The van der Waals surface area contributed by atoms with Crippen molar-refractivity contribution < 1.29 is 9.59 Å². The lowest BCUT2D eigenvalue weighted by atomic mass is 10.0. The molecule has 3 aromatic rings. The summed E-state index contributed by atoms with van der Waals surface area (Å²) in [6.07, 6.45) is 1.88. The van der Waals surface area contributed by atoms with Crippen molar-refractivity contribution in [3.63, 3.8) is 0 Å². The minimum atomic E-state index is -0.679. The fourth-order valence-electron chi connectivity index (χ4n) is 3.83. The molecule has 0 aromatic heterocycles. The number of benzene rings is 3. The zero-order valence-corrected chi connectivity index (χ0v) is 19.6. The third kappa shape index (κ3) is 7.60. The fraction of sp³-hybridized carbons (Fsp3) is 0.310. The number of rotatable bonds is 11. The number of hydrogen-bond donors (Lipinski definition) is 1. The van der Waals surface area contributed by atoms with E-state index in [9.17, 15) is 9.59 Å². The molecule has 0 aliphatic heterocycles. The summed E-state index contributed by atoms with van der Waals surface area (Å²) in [5.41, 5.74) is 2.94. The van der Waals surface area contributed by atoms with Crippen LogP contribution in [0.5, 0.6) is 0 Å². The summed E-state index contributed by atoms with van der Waals surface area (Å²) in [5.74, 6) is 0.329. The first kappa shape index (κ1) is 24.2. The molecule has 0 bridgehead atoms. The van der Waals surface area contributed by atoms with E-state index in [2.05, 4.69) is 19.2 Å². The second-order valence-electron chi connectivity index (χ2n) is 8.78. The number of nitrogens with zero attached hydrogens (tertiary/aromatic N) is 1. The van der Waals surface area contributed by atoms with Gasteiger partial charge in [-0.25, -0.2) is 0 Å². The normalized spacial score (nSPS) is 11.7. The number of hydrogen-bond acceptors (Lipinski definition) is 2. The molecule has 2 amide bonds. The van der Waals surface area contributed by atoms with Crippen molar-refractivity contribution in [1.29, 1.82) is 0 Å². The third-order valence-corrected chi connectivity index (χ3v) is 5.68. The van der Waals surface area contributed by atoms with Crippen LogP contribution in [0.4, 0.5) is 0 Å². The average Bonchev–Trinajstić information content (AvgIpc) is 2.84. The van der Waals surface area contributed by atoms with Gasteiger partial charge in [0.2, 0.25) is 11.8 Å². The van der Waals surface area contributed by atoms with Crippen LogP contribution in [0.2, 0.25) is 0 Å². The molecule has 3 rings (SSSR count). The molecule has 33 heavy (non-hydrogen) atoms. The smallest absolute Gasteiger partial charge is 0.247 e. The van der Waals surface area contributed by atoms with E-state index in [1.54, 1.807) is 4.90 Å². The van der Waals surface area contributed by atoms with Gasteiger partial charge in [-0.05, 0) is 35.4 Å². The molecule has 1 N–H and O–H groups in total. The van der Waals surface area contributed by atoms with Crippen molar-refractivity contribution in [3.8, 4) is 0 Å². The Bertz CT molecular complexity index is 988. The molecule has 4 nitrogen and oxygen atoms in total. The Labute approximate surface area is 197 Å². The number of carbonyl (C=O) groups is 2. The molecule has 0 radical (unpaired) electrons. The maximum atomic E-state index is 13.6. The summed E-state index contributed by atoms with van der Waals surface area (Å²) in [7, 11) is 0. The van der Waals surface area contributed by atoms with E-state index in [-0.39, 0.29) is 11.8 Å². The van der Waals surface area contributed by atoms with Crippen LogP contribution in [-0.4, -0.2) is 23.3 Å². The molecular weight excluding hydrogens is 408 g/mol. The topological polar surface area (TPSA) is 49.4 Å². The Morgan fingerprint density at radius 3 is 1.91 bits per heavy atom. The van der Waals surface area contributed by atoms with Gasteiger partial charge in [-0.1, -0.05) is 105 Å². The molecule has 0 saturated heterocycles. The first-order valence-electron chi connectivity index (χ1n) is 11.7. The van der Waals surface area contributed by atoms with Crippen LogP contribution in [0.25, 0.3) is 0 Å². The maximum Gasteiger partial charge on any atom is 0.247 e. The van der Waals surface area contributed by atoms with E-state index < -0.39 is 6.04 Å². The van der Waals surface area contributed by atoms with Gasteiger partial charge in [0.05, 0.1) is 0 Å². The molecule has 0 unspecified atom stereocenters. The van der Waals surface area contributed by atoms with Crippen molar-refractivity contribution in [3.05, 3.63) is 108 Å². The molecule has 1 atom stereocenters. The number of nitrogens with one attached hydrogen (secondary N) is 1. The summed E-state index contributed by atoms with van der Waals surface area (Å²) >= 11 is 0. The Hall–Kier alpha value is -3.40. The molecule has 4 heteroatoms. The van der Waals surface area contributed by atoms with E-state index in [1.165, 1.54) is 0 Å². The van der Waals surface area contributed by atoms with E-state index >= 15 is 0 Å². The molecule has 0 aliphatic carbocycles. The predicted molar refractivity (Wildman–Crippen MR) is 133 cm³/mol. The highest BCUT2D eigenvalue weighted by molar-refractivity contribution is 5.88. The van der Waals surface area contributed by atoms with E-state index in [0.29, 0.717) is 31.8 Å². The number of aryl methyl sites for hydroxylation is 1. The number of carbonyl (C=O) groups excluding carboxylic acids is 2. The highest BCUT2D eigenvalue weighted by Gasteiger charge is 2.31. The van der Waals surface area contributed by atoms with Crippen LogP contribution in [0.1, 0.15) is 49.4 Å². The average molecular weight is 443 g/mol. The zero-order valence-electron chi connectivity index (χ0n) is 19.6. The highest BCUT2D eigenvalue weighted by Crippen LogP contribution is 2.25. The van der Waals surface area contributed by atoms with Crippen molar-refractivity contribution in [2.24, 2.45) is 5.92 Å². The van der Waals surface area contributed by atoms with Crippen LogP contribution in [0.15, 0.2) is 91.0 Å². The maximum absolute atomic E-state index is 13.6. The van der Waals surface area contributed by atoms with Crippen LogP contribution in [0, 0.1) is 5.92 Å². The molecule has 0 saturated carbocycles. The minimum Gasteiger partial charge on any atom is -0.354 e. The zero-order chi connectivity index (χ0) is 23.5. The lowest BCUT2D eigenvalue weighted by Gasteiger charge is -2.32. The lowest BCUT2D eigenvalue weighted by Crippen LogP contribution is -2.43. The second kappa shape index (κ2) is 12.6. The first-order chi connectivity index (χ1) is 16.0. The summed E-state index contributed by atoms with van der Waals surface area (Å²) in [5, 5.41) is 3.07. The molecule has 3 aromatic carbocycles. The van der Waals surface area contributed by atoms with Gasteiger partial charge in [-0.2, -0.15) is 0 Å². The van der Waals surface area contributed by atoms with Crippen LogP contribution >= 0.6 is 0 Å².